The number of para-hydroxylation sites is 1. The zero-order valence-electron chi connectivity index (χ0n) is 21.5. The zero-order chi connectivity index (χ0) is 24.5. The van der Waals surface area contributed by atoms with Gasteiger partial charge in [-0.1, -0.05) is 50.2 Å². The third kappa shape index (κ3) is 4.72. The molecule has 1 aromatic heterocycles. The Hall–Kier alpha value is -3.11. The van der Waals surface area contributed by atoms with Gasteiger partial charge in [0.2, 0.25) is 5.91 Å². The highest BCUT2D eigenvalue weighted by molar-refractivity contribution is 6.08. The molecule has 1 aliphatic heterocycles. The zero-order valence-corrected chi connectivity index (χ0v) is 21.5. The second-order valence-electron chi connectivity index (χ2n) is 10.4. The van der Waals surface area contributed by atoms with E-state index in [4.69, 9.17) is 0 Å². The summed E-state index contributed by atoms with van der Waals surface area (Å²) in [7, 11) is 0. The Morgan fingerprint density at radius 3 is 2.46 bits per heavy atom. The van der Waals surface area contributed by atoms with E-state index in [1.807, 2.05) is 13.8 Å². The van der Waals surface area contributed by atoms with E-state index in [0.717, 1.165) is 50.3 Å². The van der Waals surface area contributed by atoms with E-state index in [1.165, 1.54) is 32.9 Å². The molecule has 1 saturated heterocycles. The maximum atomic E-state index is 12.2. The Labute approximate surface area is 208 Å². The number of carbonyl (C=O) groups excluding carboxylic acids is 1. The summed E-state index contributed by atoms with van der Waals surface area (Å²) in [6.07, 6.45) is 2.30. The SMILES string of the molecule is CCn1c2ccccc2c2cc(CN3CCC(c4ccc(C)c(NC(=O)C(C)C)c4)CC3)ccc21. The minimum atomic E-state index is -0.0148. The van der Waals surface area contributed by atoms with Crippen molar-refractivity contribution in [1.82, 2.24) is 9.47 Å². The molecule has 2 heterocycles. The lowest BCUT2D eigenvalue weighted by Gasteiger charge is -2.32. The van der Waals surface area contributed by atoms with Gasteiger partial charge in [-0.15, -0.1) is 0 Å². The molecule has 0 radical (unpaired) electrons. The topological polar surface area (TPSA) is 37.3 Å². The van der Waals surface area contributed by atoms with Crippen molar-refractivity contribution in [3.05, 3.63) is 77.4 Å². The Balaban J connectivity index is 1.27. The Morgan fingerprint density at radius 1 is 0.971 bits per heavy atom. The summed E-state index contributed by atoms with van der Waals surface area (Å²) >= 11 is 0. The molecule has 0 saturated carbocycles. The first kappa shape index (κ1) is 23.6. The fourth-order valence-corrected chi connectivity index (χ4v) is 5.53. The van der Waals surface area contributed by atoms with Crippen LogP contribution in [-0.4, -0.2) is 28.5 Å². The fourth-order valence-electron chi connectivity index (χ4n) is 5.53. The molecule has 4 heteroatoms. The summed E-state index contributed by atoms with van der Waals surface area (Å²) in [6.45, 7) is 12.3. The van der Waals surface area contributed by atoms with Crippen molar-refractivity contribution in [2.45, 2.75) is 59.5 Å². The number of hydrogen-bond acceptors (Lipinski definition) is 2. The number of amides is 1. The number of nitrogens with zero attached hydrogens (tertiary/aromatic N) is 2. The molecule has 4 nitrogen and oxygen atoms in total. The van der Waals surface area contributed by atoms with Gasteiger partial charge >= 0.3 is 0 Å². The number of fused-ring (bicyclic) bond motifs is 3. The molecule has 35 heavy (non-hydrogen) atoms. The van der Waals surface area contributed by atoms with Gasteiger partial charge in [0.25, 0.3) is 0 Å². The molecule has 1 amide bonds. The molecule has 5 rings (SSSR count). The van der Waals surface area contributed by atoms with E-state index >= 15 is 0 Å². The number of aryl methyl sites for hydroxylation is 2. The van der Waals surface area contributed by atoms with Gasteiger partial charge in [0.05, 0.1) is 0 Å². The number of aromatic nitrogens is 1. The molecule has 3 aromatic carbocycles. The molecule has 0 bridgehead atoms. The van der Waals surface area contributed by atoms with E-state index in [0.29, 0.717) is 5.92 Å². The van der Waals surface area contributed by atoms with Gasteiger partial charge in [-0.05, 0) is 86.7 Å². The molecule has 1 aliphatic rings. The van der Waals surface area contributed by atoms with Crippen LogP contribution in [0.25, 0.3) is 21.8 Å². The number of benzene rings is 3. The molecule has 1 N–H and O–H groups in total. The maximum Gasteiger partial charge on any atom is 0.226 e. The van der Waals surface area contributed by atoms with Crippen LogP contribution in [0.15, 0.2) is 60.7 Å². The molecule has 0 aliphatic carbocycles. The van der Waals surface area contributed by atoms with Gasteiger partial charge in [0.15, 0.2) is 0 Å². The molecular weight excluding hydrogens is 430 g/mol. The average molecular weight is 468 g/mol. The van der Waals surface area contributed by atoms with Crippen molar-refractivity contribution in [3.63, 3.8) is 0 Å². The molecule has 4 aromatic rings. The third-order valence-electron chi connectivity index (χ3n) is 7.66. The van der Waals surface area contributed by atoms with Crippen molar-refractivity contribution in [1.29, 1.82) is 0 Å². The lowest BCUT2D eigenvalue weighted by molar-refractivity contribution is -0.118. The van der Waals surface area contributed by atoms with Crippen LogP contribution in [0.3, 0.4) is 0 Å². The number of anilines is 1. The minimum absolute atomic E-state index is 0.0148. The predicted molar refractivity (Wildman–Crippen MR) is 147 cm³/mol. The lowest BCUT2D eigenvalue weighted by Crippen LogP contribution is -2.32. The summed E-state index contributed by atoms with van der Waals surface area (Å²) in [6, 6.07) is 22.4. The van der Waals surface area contributed by atoms with Gasteiger partial charge in [0.1, 0.15) is 0 Å². The lowest BCUT2D eigenvalue weighted by atomic mass is 9.88. The van der Waals surface area contributed by atoms with Crippen molar-refractivity contribution >= 4 is 33.4 Å². The van der Waals surface area contributed by atoms with Gasteiger partial charge in [-0.2, -0.15) is 0 Å². The van der Waals surface area contributed by atoms with Crippen LogP contribution in [0.1, 0.15) is 56.2 Å². The van der Waals surface area contributed by atoms with E-state index in [1.54, 1.807) is 0 Å². The van der Waals surface area contributed by atoms with Crippen molar-refractivity contribution in [2.75, 3.05) is 18.4 Å². The number of hydrogen-bond donors (Lipinski definition) is 1. The van der Waals surface area contributed by atoms with Crippen LogP contribution < -0.4 is 5.32 Å². The molecule has 0 spiro atoms. The summed E-state index contributed by atoms with van der Waals surface area (Å²) in [4.78, 5) is 14.8. The summed E-state index contributed by atoms with van der Waals surface area (Å²) in [5, 5.41) is 5.83. The van der Waals surface area contributed by atoms with Gasteiger partial charge in [-0.3, -0.25) is 9.69 Å². The second-order valence-corrected chi connectivity index (χ2v) is 10.4. The summed E-state index contributed by atoms with van der Waals surface area (Å²) < 4.78 is 2.42. The van der Waals surface area contributed by atoms with Crippen molar-refractivity contribution in [3.8, 4) is 0 Å². The first-order chi connectivity index (χ1) is 16.9. The van der Waals surface area contributed by atoms with Crippen molar-refractivity contribution in [2.24, 2.45) is 5.92 Å². The molecule has 1 fully saturated rings. The average Bonchev–Trinajstić information content (AvgIpc) is 3.19. The number of carbonyl (C=O) groups is 1. The largest absolute Gasteiger partial charge is 0.341 e. The van der Waals surface area contributed by atoms with Crippen LogP contribution in [-0.2, 0) is 17.9 Å². The van der Waals surface area contributed by atoms with Gasteiger partial charge < -0.3 is 9.88 Å². The van der Waals surface area contributed by atoms with E-state index in [9.17, 15) is 4.79 Å². The number of nitrogens with one attached hydrogen (secondary N) is 1. The first-order valence-electron chi connectivity index (χ1n) is 13.1. The quantitative estimate of drug-likeness (QED) is 0.328. The summed E-state index contributed by atoms with van der Waals surface area (Å²) in [5.74, 6) is 0.615. The van der Waals surface area contributed by atoms with Crippen LogP contribution >= 0.6 is 0 Å². The Morgan fingerprint density at radius 2 is 1.71 bits per heavy atom. The maximum absolute atomic E-state index is 12.2. The first-order valence-corrected chi connectivity index (χ1v) is 13.1. The minimum Gasteiger partial charge on any atom is -0.341 e. The van der Waals surface area contributed by atoms with Crippen LogP contribution in [0.5, 0.6) is 0 Å². The molecule has 0 atom stereocenters. The van der Waals surface area contributed by atoms with E-state index in [-0.39, 0.29) is 11.8 Å². The standard InChI is InChI=1S/C31H37N3O/c1-5-34-29-9-7-6-8-26(29)27-18-23(11-13-30(27)34)20-33-16-14-24(15-17-33)25-12-10-22(4)28(19-25)32-31(35)21(2)3/h6-13,18-19,21,24H,5,14-17,20H2,1-4H3,(H,32,35). The summed E-state index contributed by atoms with van der Waals surface area (Å²) in [5.41, 5.74) is 7.48. The molecule has 182 valence electrons. The molecular formula is C31H37N3O. The van der Waals surface area contributed by atoms with Crippen LogP contribution in [0.2, 0.25) is 0 Å². The fraction of sp³-hybridized carbons (Fsp3) is 0.387. The highest BCUT2D eigenvalue weighted by atomic mass is 16.1. The van der Waals surface area contributed by atoms with Gasteiger partial charge in [-0.25, -0.2) is 0 Å². The second kappa shape index (κ2) is 9.87. The molecule has 0 unspecified atom stereocenters. The van der Waals surface area contributed by atoms with Crippen LogP contribution in [0.4, 0.5) is 5.69 Å². The number of likely N-dealkylation sites (tertiary alicyclic amines) is 1. The number of piperidine rings is 1. The predicted octanol–water partition coefficient (Wildman–Crippen LogP) is 7.10. The normalized spacial score (nSPS) is 15.3. The Bertz CT molecular complexity index is 1360. The van der Waals surface area contributed by atoms with Crippen molar-refractivity contribution < 1.29 is 4.79 Å². The van der Waals surface area contributed by atoms with E-state index < -0.39 is 0 Å². The van der Waals surface area contributed by atoms with Gasteiger partial charge in [0, 0.05) is 46.5 Å². The monoisotopic (exact) mass is 467 g/mol. The Kier molecular flexibility index (Phi) is 6.66. The highest BCUT2D eigenvalue weighted by Crippen LogP contribution is 2.33. The number of rotatable bonds is 6. The van der Waals surface area contributed by atoms with E-state index in [2.05, 4.69) is 89.3 Å². The highest BCUT2D eigenvalue weighted by Gasteiger charge is 2.22. The third-order valence-corrected chi connectivity index (χ3v) is 7.66. The smallest absolute Gasteiger partial charge is 0.226 e. The van der Waals surface area contributed by atoms with Crippen LogP contribution in [0, 0.1) is 12.8 Å².